The fourth-order valence-electron chi connectivity index (χ4n) is 1.64. The second kappa shape index (κ2) is 6.41. The molecule has 0 radical (unpaired) electrons. The summed E-state index contributed by atoms with van der Waals surface area (Å²) in [5.41, 5.74) is 8.55. The van der Waals surface area contributed by atoms with Gasteiger partial charge in [0.1, 0.15) is 0 Å². The lowest BCUT2D eigenvalue weighted by Crippen LogP contribution is -2.15. The third-order valence-corrected chi connectivity index (χ3v) is 2.37. The van der Waals surface area contributed by atoms with Crippen molar-refractivity contribution in [2.75, 3.05) is 0 Å². The predicted octanol–water partition coefficient (Wildman–Crippen LogP) is 3.61. The van der Waals surface area contributed by atoms with E-state index in [-0.39, 0.29) is 6.04 Å². The molecule has 0 aliphatic heterocycles. The van der Waals surface area contributed by atoms with Gasteiger partial charge in [0.05, 0.1) is 0 Å². The number of allylic oxidation sites excluding steroid dienone is 1. The van der Waals surface area contributed by atoms with Crippen molar-refractivity contribution in [2.24, 2.45) is 5.73 Å². The molecule has 1 heteroatoms. The molecule has 2 N–H and O–H groups in total. The zero-order valence-electron chi connectivity index (χ0n) is 9.74. The van der Waals surface area contributed by atoms with E-state index in [0.717, 1.165) is 12.8 Å². The Hall–Kier alpha value is -1.08. The summed E-state index contributed by atoms with van der Waals surface area (Å²) >= 11 is 0. The van der Waals surface area contributed by atoms with Crippen LogP contribution in [0.5, 0.6) is 0 Å². The van der Waals surface area contributed by atoms with Crippen LogP contribution in [0, 0.1) is 0 Å². The SMILES string of the molecule is CCC/C=C(/CC(C)N)c1ccccc1. The average Bonchev–Trinajstić information content (AvgIpc) is 2.25. The number of hydrogen-bond acceptors (Lipinski definition) is 1. The van der Waals surface area contributed by atoms with Crippen LogP contribution in [0.25, 0.3) is 5.57 Å². The molecule has 0 spiro atoms. The van der Waals surface area contributed by atoms with Gasteiger partial charge in [0.25, 0.3) is 0 Å². The number of unbranched alkanes of at least 4 members (excludes halogenated alkanes) is 1. The van der Waals surface area contributed by atoms with Gasteiger partial charge in [0.2, 0.25) is 0 Å². The van der Waals surface area contributed by atoms with Gasteiger partial charge < -0.3 is 5.73 Å². The van der Waals surface area contributed by atoms with Gasteiger partial charge in [-0.2, -0.15) is 0 Å². The number of hydrogen-bond donors (Lipinski definition) is 1. The molecule has 0 aliphatic carbocycles. The lowest BCUT2D eigenvalue weighted by Gasteiger charge is -2.10. The molecule has 1 atom stereocenters. The van der Waals surface area contributed by atoms with Crippen LogP contribution < -0.4 is 5.73 Å². The zero-order chi connectivity index (χ0) is 11.1. The van der Waals surface area contributed by atoms with Crippen LogP contribution in [-0.2, 0) is 0 Å². The van der Waals surface area contributed by atoms with Crippen LogP contribution in [0.1, 0.15) is 38.7 Å². The van der Waals surface area contributed by atoms with Gasteiger partial charge in [-0.25, -0.2) is 0 Å². The molecule has 0 aliphatic rings. The van der Waals surface area contributed by atoms with Crippen molar-refractivity contribution < 1.29 is 0 Å². The van der Waals surface area contributed by atoms with Crippen molar-refractivity contribution >= 4 is 5.57 Å². The van der Waals surface area contributed by atoms with Crippen molar-refractivity contribution in [2.45, 2.75) is 39.2 Å². The first-order valence-corrected chi connectivity index (χ1v) is 5.74. The van der Waals surface area contributed by atoms with Crippen LogP contribution in [0.4, 0.5) is 0 Å². The molecular formula is C14H21N. The van der Waals surface area contributed by atoms with Crippen LogP contribution in [0.2, 0.25) is 0 Å². The molecule has 1 aromatic carbocycles. The second-order valence-corrected chi connectivity index (χ2v) is 4.07. The standard InChI is InChI=1S/C14H21N/c1-3-4-8-14(11-12(2)15)13-9-6-5-7-10-13/h5-10,12H,3-4,11,15H2,1-2H3/b14-8-. The Bertz CT molecular complexity index is 298. The van der Waals surface area contributed by atoms with Gasteiger partial charge in [0, 0.05) is 6.04 Å². The number of benzene rings is 1. The molecule has 1 unspecified atom stereocenters. The summed E-state index contributed by atoms with van der Waals surface area (Å²) in [4.78, 5) is 0. The van der Waals surface area contributed by atoms with Crippen molar-refractivity contribution in [1.29, 1.82) is 0 Å². The van der Waals surface area contributed by atoms with Crippen LogP contribution in [-0.4, -0.2) is 6.04 Å². The Balaban J connectivity index is 2.81. The highest BCUT2D eigenvalue weighted by atomic mass is 14.6. The molecule has 82 valence electrons. The van der Waals surface area contributed by atoms with E-state index in [4.69, 9.17) is 5.73 Å². The van der Waals surface area contributed by atoms with E-state index in [2.05, 4.69) is 44.2 Å². The van der Waals surface area contributed by atoms with Crippen molar-refractivity contribution in [3.05, 3.63) is 42.0 Å². The molecule has 0 amide bonds. The highest BCUT2D eigenvalue weighted by Crippen LogP contribution is 2.20. The maximum Gasteiger partial charge on any atom is 0.00510 e. The molecule has 1 rings (SSSR count). The maximum atomic E-state index is 5.86. The minimum absolute atomic E-state index is 0.230. The molecule has 1 aromatic rings. The first-order valence-electron chi connectivity index (χ1n) is 5.74. The Kier molecular flexibility index (Phi) is 5.13. The first kappa shape index (κ1) is 12.0. The van der Waals surface area contributed by atoms with Gasteiger partial charge in [-0.15, -0.1) is 0 Å². The normalized spacial score (nSPS) is 13.9. The van der Waals surface area contributed by atoms with Crippen LogP contribution in [0.3, 0.4) is 0 Å². The fourth-order valence-corrected chi connectivity index (χ4v) is 1.64. The Morgan fingerprint density at radius 3 is 2.53 bits per heavy atom. The lowest BCUT2D eigenvalue weighted by atomic mass is 9.98. The zero-order valence-corrected chi connectivity index (χ0v) is 9.74. The van der Waals surface area contributed by atoms with E-state index < -0.39 is 0 Å². The smallest absolute Gasteiger partial charge is 0.00510 e. The van der Waals surface area contributed by atoms with Crippen LogP contribution in [0.15, 0.2) is 36.4 Å². The summed E-state index contributed by atoms with van der Waals surface area (Å²) in [5, 5.41) is 0. The molecule has 0 saturated carbocycles. The van der Waals surface area contributed by atoms with Crippen molar-refractivity contribution in [3.63, 3.8) is 0 Å². The van der Waals surface area contributed by atoms with E-state index in [1.165, 1.54) is 17.6 Å². The molecule has 15 heavy (non-hydrogen) atoms. The third kappa shape index (κ3) is 4.30. The minimum atomic E-state index is 0.230. The summed E-state index contributed by atoms with van der Waals surface area (Å²) in [6.45, 7) is 4.26. The molecule has 0 fully saturated rings. The Morgan fingerprint density at radius 1 is 1.33 bits per heavy atom. The third-order valence-electron chi connectivity index (χ3n) is 2.37. The highest BCUT2D eigenvalue weighted by Gasteiger charge is 2.03. The van der Waals surface area contributed by atoms with E-state index in [1.807, 2.05) is 6.07 Å². The van der Waals surface area contributed by atoms with Crippen LogP contribution >= 0.6 is 0 Å². The summed E-state index contributed by atoms with van der Waals surface area (Å²) in [5.74, 6) is 0. The molecule has 0 saturated heterocycles. The summed E-state index contributed by atoms with van der Waals surface area (Å²) in [7, 11) is 0. The second-order valence-electron chi connectivity index (χ2n) is 4.07. The van der Waals surface area contributed by atoms with Gasteiger partial charge in [0.15, 0.2) is 0 Å². The van der Waals surface area contributed by atoms with Gasteiger partial charge >= 0.3 is 0 Å². The van der Waals surface area contributed by atoms with Crippen molar-refractivity contribution in [3.8, 4) is 0 Å². The molecular weight excluding hydrogens is 182 g/mol. The quantitative estimate of drug-likeness (QED) is 0.777. The van der Waals surface area contributed by atoms with Crippen molar-refractivity contribution in [1.82, 2.24) is 0 Å². The molecule has 0 heterocycles. The first-order chi connectivity index (χ1) is 7.24. The molecule has 1 nitrogen and oxygen atoms in total. The summed E-state index contributed by atoms with van der Waals surface area (Å²) in [6, 6.07) is 10.8. The summed E-state index contributed by atoms with van der Waals surface area (Å²) in [6.07, 6.45) is 5.61. The van der Waals surface area contributed by atoms with E-state index in [9.17, 15) is 0 Å². The predicted molar refractivity (Wildman–Crippen MR) is 67.6 cm³/mol. The van der Waals surface area contributed by atoms with Gasteiger partial charge in [-0.3, -0.25) is 0 Å². The van der Waals surface area contributed by atoms with E-state index in [1.54, 1.807) is 0 Å². The van der Waals surface area contributed by atoms with E-state index in [0.29, 0.717) is 0 Å². The topological polar surface area (TPSA) is 26.0 Å². The number of rotatable bonds is 5. The van der Waals surface area contributed by atoms with Gasteiger partial charge in [-0.05, 0) is 30.9 Å². The minimum Gasteiger partial charge on any atom is -0.328 e. The largest absolute Gasteiger partial charge is 0.328 e. The summed E-state index contributed by atoms with van der Waals surface area (Å²) < 4.78 is 0. The van der Waals surface area contributed by atoms with E-state index >= 15 is 0 Å². The Labute approximate surface area is 93.0 Å². The molecule has 0 bridgehead atoms. The Morgan fingerprint density at radius 2 is 2.00 bits per heavy atom. The fraction of sp³-hybridized carbons (Fsp3) is 0.429. The van der Waals surface area contributed by atoms with Gasteiger partial charge in [-0.1, -0.05) is 49.8 Å². The lowest BCUT2D eigenvalue weighted by molar-refractivity contribution is 0.765. The number of nitrogens with two attached hydrogens (primary N) is 1. The average molecular weight is 203 g/mol. The highest BCUT2D eigenvalue weighted by molar-refractivity contribution is 5.65. The maximum absolute atomic E-state index is 5.86. The molecule has 0 aromatic heterocycles. The monoisotopic (exact) mass is 203 g/mol.